The number of nitrogens with zero attached hydrogens (tertiary/aromatic N) is 1. The standard InChI is InChI=1S/C32H21NO3/c34-31-24-10-4-5-11-25(24)32(36-31)26-16-14-22(33-18-17-21-8-2-6-12-28(21)33)19-29(26)35-30-23-9-3-1-7-20(23)13-15-27(30)32/h1-16,19H,17-18H2. The Kier molecular flexibility index (Phi) is 3.82. The summed E-state index contributed by atoms with van der Waals surface area (Å²) in [7, 11) is 0. The zero-order chi connectivity index (χ0) is 23.9. The quantitative estimate of drug-likeness (QED) is 0.247. The van der Waals surface area contributed by atoms with Crippen LogP contribution in [-0.2, 0) is 16.8 Å². The first kappa shape index (κ1) is 19.7. The molecule has 0 bridgehead atoms. The first-order chi connectivity index (χ1) is 17.7. The molecule has 0 N–H and O–H groups in total. The lowest BCUT2D eigenvalue weighted by molar-refractivity contribution is 0.0225. The molecule has 0 fully saturated rings. The monoisotopic (exact) mass is 467 g/mol. The SMILES string of the molecule is O=C1OC2(c3ccc(N4CCc5ccccc54)cc3Oc3c2ccc2ccccc32)c2ccccc21. The van der Waals surface area contributed by atoms with Gasteiger partial charge >= 0.3 is 5.97 Å². The van der Waals surface area contributed by atoms with E-state index in [0.29, 0.717) is 11.3 Å². The largest absolute Gasteiger partial charge is 0.456 e. The molecule has 0 aromatic heterocycles. The number of anilines is 2. The molecule has 3 aliphatic rings. The Morgan fingerprint density at radius 2 is 1.56 bits per heavy atom. The highest BCUT2D eigenvalue weighted by atomic mass is 16.6. The smallest absolute Gasteiger partial charge is 0.340 e. The molecule has 3 aliphatic heterocycles. The van der Waals surface area contributed by atoms with Crippen LogP contribution in [0, 0.1) is 0 Å². The Labute approximate surface area is 208 Å². The predicted octanol–water partition coefficient (Wildman–Crippen LogP) is 7.10. The number of carbonyl (C=O) groups excluding carboxylic acids is 1. The van der Waals surface area contributed by atoms with E-state index < -0.39 is 5.60 Å². The summed E-state index contributed by atoms with van der Waals surface area (Å²) in [4.78, 5) is 15.5. The second kappa shape index (κ2) is 6.98. The molecule has 1 spiro atoms. The predicted molar refractivity (Wildman–Crippen MR) is 139 cm³/mol. The molecule has 36 heavy (non-hydrogen) atoms. The fourth-order valence-electron chi connectivity index (χ4n) is 6.16. The average Bonchev–Trinajstić information content (AvgIpc) is 3.48. The molecule has 0 saturated heterocycles. The minimum atomic E-state index is -1.05. The molecule has 1 atom stereocenters. The maximum atomic E-state index is 13.2. The van der Waals surface area contributed by atoms with Crippen molar-refractivity contribution in [3.63, 3.8) is 0 Å². The maximum absolute atomic E-state index is 13.2. The van der Waals surface area contributed by atoms with Crippen LogP contribution in [0.3, 0.4) is 0 Å². The fourth-order valence-corrected chi connectivity index (χ4v) is 6.16. The van der Waals surface area contributed by atoms with E-state index in [-0.39, 0.29) is 5.97 Å². The second-order valence-corrected chi connectivity index (χ2v) is 9.59. The van der Waals surface area contributed by atoms with Crippen LogP contribution in [0.5, 0.6) is 11.5 Å². The van der Waals surface area contributed by atoms with Crippen molar-refractivity contribution in [1.29, 1.82) is 0 Å². The minimum Gasteiger partial charge on any atom is -0.456 e. The van der Waals surface area contributed by atoms with Crippen LogP contribution in [0.15, 0.2) is 103 Å². The van der Waals surface area contributed by atoms with Gasteiger partial charge in [0.2, 0.25) is 0 Å². The Balaban J connectivity index is 1.40. The Morgan fingerprint density at radius 1 is 0.750 bits per heavy atom. The van der Waals surface area contributed by atoms with Gasteiger partial charge in [-0.15, -0.1) is 0 Å². The summed E-state index contributed by atoms with van der Waals surface area (Å²) in [6.45, 7) is 0.917. The first-order valence-corrected chi connectivity index (χ1v) is 12.3. The van der Waals surface area contributed by atoms with E-state index in [9.17, 15) is 4.79 Å². The Hall–Kier alpha value is -4.57. The summed E-state index contributed by atoms with van der Waals surface area (Å²) < 4.78 is 13.0. The van der Waals surface area contributed by atoms with Gasteiger partial charge in [0.05, 0.1) is 5.56 Å². The highest BCUT2D eigenvalue weighted by molar-refractivity contribution is 5.99. The van der Waals surface area contributed by atoms with E-state index >= 15 is 0 Å². The molecule has 4 nitrogen and oxygen atoms in total. The zero-order valence-electron chi connectivity index (χ0n) is 19.4. The second-order valence-electron chi connectivity index (χ2n) is 9.59. The van der Waals surface area contributed by atoms with Crippen molar-refractivity contribution in [2.75, 3.05) is 11.4 Å². The van der Waals surface area contributed by atoms with Gasteiger partial charge in [0, 0.05) is 46.1 Å². The molecule has 3 heterocycles. The lowest BCUT2D eigenvalue weighted by Crippen LogP contribution is -2.33. The summed E-state index contributed by atoms with van der Waals surface area (Å²) in [5, 5.41) is 2.08. The van der Waals surface area contributed by atoms with Gasteiger partial charge in [0.25, 0.3) is 0 Å². The van der Waals surface area contributed by atoms with E-state index in [4.69, 9.17) is 9.47 Å². The molecular weight excluding hydrogens is 446 g/mol. The summed E-state index contributed by atoms with van der Waals surface area (Å²) in [6, 6.07) is 34.8. The number of para-hydroxylation sites is 1. The fraction of sp³-hybridized carbons (Fsp3) is 0.0938. The van der Waals surface area contributed by atoms with Crippen molar-refractivity contribution < 1.29 is 14.3 Å². The number of benzene rings is 5. The van der Waals surface area contributed by atoms with E-state index in [1.807, 2.05) is 42.5 Å². The van der Waals surface area contributed by atoms with Crippen molar-refractivity contribution in [3.05, 3.63) is 131 Å². The van der Waals surface area contributed by atoms with Crippen LogP contribution in [0.2, 0.25) is 0 Å². The van der Waals surface area contributed by atoms with Gasteiger partial charge in [0.15, 0.2) is 5.60 Å². The van der Waals surface area contributed by atoms with Gasteiger partial charge < -0.3 is 14.4 Å². The topological polar surface area (TPSA) is 38.8 Å². The number of ether oxygens (including phenoxy) is 2. The third-order valence-corrected chi connectivity index (χ3v) is 7.79. The van der Waals surface area contributed by atoms with Crippen molar-refractivity contribution in [2.45, 2.75) is 12.0 Å². The molecule has 5 aromatic rings. The molecule has 0 radical (unpaired) electrons. The van der Waals surface area contributed by atoms with Gasteiger partial charge in [-0.25, -0.2) is 4.79 Å². The Bertz CT molecular complexity index is 1740. The first-order valence-electron chi connectivity index (χ1n) is 12.3. The van der Waals surface area contributed by atoms with Crippen molar-refractivity contribution in [2.24, 2.45) is 0 Å². The normalized spacial score (nSPS) is 18.9. The van der Waals surface area contributed by atoms with Crippen LogP contribution < -0.4 is 9.64 Å². The maximum Gasteiger partial charge on any atom is 0.340 e. The number of esters is 1. The molecule has 0 amide bonds. The van der Waals surface area contributed by atoms with Crippen LogP contribution in [0.1, 0.15) is 32.6 Å². The van der Waals surface area contributed by atoms with Crippen LogP contribution in [-0.4, -0.2) is 12.5 Å². The molecule has 0 saturated carbocycles. The summed E-state index contributed by atoms with van der Waals surface area (Å²) >= 11 is 0. The van der Waals surface area contributed by atoms with E-state index in [1.54, 1.807) is 0 Å². The van der Waals surface area contributed by atoms with E-state index in [2.05, 4.69) is 65.6 Å². The summed E-state index contributed by atoms with van der Waals surface area (Å²) in [5.41, 5.74) is 5.75. The molecule has 8 rings (SSSR count). The highest BCUT2D eigenvalue weighted by Gasteiger charge is 2.53. The molecular formula is C32H21NO3. The molecule has 1 unspecified atom stereocenters. The number of rotatable bonds is 1. The Morgan fingerprint density at radius 3 is 2.53 bits per heavy atom. The van der Waals surface area contributed by atoms with Gasteiger partial charge in [-0.05, 0) is 47.7 Å². The number of hydrogen-bond donors (Lipinski definition) is 0. The van der Waals surface area contributed by atoms with Crippen molar-refractivity contribution in [1.82, 2.24) is 0 Å². The number of fused-ring (bicyclic) bond motifs is 9. The van der Waals surface area contributed by atoms with Gasteiger partial charge in [0.1, 0.15) is 11.5 Å². The summed E-state index contributed by atoms with van der Waals surface area (Å²) in [6.07, 6.45) is 1.01. The van der Waals surface area contributed by atoms with Crippen LogP contribution >= 0.6 is 0 Å². The van der Waals surface area contributed by atoms with Gasteiger partial charge in [-0.1, -0.05) is 66.7 Å². The molecule has 172 valence electrons. The average molecular weight is 468 g/mol. The summed E-state index contributed by atoms with van der Waals surface area (Å²) in [5.74, 6) is 1.14. The van der Waals surface area contributed by atoms with Crippen molar-refractivity contribution >= 4 is 28.1 Å². The van der Waals surface area contributed by atoms with Crippen LogP contribution in [0.4, 0.5) is 11.4 Å². The minimum absolute atomic E-state index is 0.310. The third-order valence-electron chi connectivity index (χ3n) is 7.79. The van der Waals surface area contributed by atoms with Crippen LogP contribution in [0.25, 0.3) is 10.8 Å². The zero-order valence-corrected chi connectivity index (χ0v) is 19.4. The number of carbonyl (C=O) groups is 1. The molecule has 5 aromatic carbocycles. The molecule has 4 heteroatoms. The number of hydrogen-bond acceptors (Lipinski definition) is 4. The molecule has 0 aliphatic carbocycles. The van der Waals surface area contributed by atoms with Crippen molar-refractivity contribution in [3.8, 4) is 11.5 Å². The lowest BCUT2D eigenvalue weighted by atomic mass is 9.77. The van der Waals surface area contributed by atoms with Gasteiger partial charge in [-0.3, -0.25) is 0 Å². The third kappa shape index (κ3) is 2.46. The van der Waals surface area contributed by atoms with E-state index in [0.717, 1.165) is 51.9 Å². The van der Waals surface area contributed by atoms with Gasteiger partial charge in [-0.2, -0.15) is 0 Å². The lowest BCUT2D eigenvalue weighted by Gasteiger charge is -2.37. The highest BCUT2D eigenvalue weighted by Crippen LogP contribution is 2.58. The van der Waals surface area contributed by atoms with E-state index in [1.165, 1.54) is 11.3 Å².